The number of methoxy groups -OCH3 is 2. The second-order valence-electron chi connectivity index (χ2n) is 8.87. The molecule has 5 rings (SSSR count). The zero-order valence-corrected chi connectivity index (χ0v) is 20.4. The Kier molecular flexibility index (Phi) is 6.73. The van der Waals surface area contributed by atoms with Gasteiger partial charge >= 0.3 is 0 Å². The number of para-hydroxylation sites is 1. The summed E-state index contributed by atoms with van der Waals surface area (Å²) < 4.78 is 16.5. The van der Waals surface area contributed by atoms with E-state index in [1.807, 2.05) is 24.3 Å². The highest BCUT2D eigenvalue weighted by Crippen LogP contribution is 2.33. The lowest BCUT2D eigenvalue weighted by atomic mass is 9.98. The normalized spacial score (nSPS) is 13.3. The van der Waals surface area contributed by atoms with Crippen molar-refractivity contribution in [2.24, 2.45) is 0 Å². The van der Waals surface area contributed by atoms with Gasteiger partial charge in [0, 0.05) is 31.4 Å². The standard InChI is InChI=1S/C29H28N2O5/c1-34-26-15-20-12-14-31(18-21(20)16-27(26)35-2)13-11-19-7-9-22(10-8-19)30-29(33)28-17-24(32)23-5-3-4-6-25(23)36-28/h3-10,15-17H,11-14,18H2,1-2H3,(H,30,33). The summed E-state index contributed by atoms with van der Waals surface area (Å²) in [4.78, 5) is 27.4. The van der Waals surface area contributed by atoms with Gasteiger partial charge < -0.3 is 19.2 Å². The molecule has 0 bridgehead atoms. The summed E-state index contributed by atoms with van der Waals surface area (Å²) in [5, 5.41) is 3.26. The largest absolute Gasteiger partial charge is 0.493 e. The number of ether oxygens (including phenoxy) is 2. The molecule has 7 nitrogen and oxygen atoms in total. The van der Waals surface area contributed by atoms with Crippen LogP contribution in [0.4, 0.5) is 5.69 Å². The number of anilines is 1. The molecule has 1 aromatic heterocycles. The minimum Gasteiger partial charge on any atom is -0.493 e. The van der Waals surface area contributed by atoms with Crippen LogP contribution in [0, 0.1) is 0 Å². The van der Waals surface area contributed by atoms with Crippen LogP contribution < -0.4 is 20.2 Å². The van der Waals surface area contributed by atoms with E-state index < -0.39 is 5.91 Å². The molecular weight excluding hydrogens is 456 g/mol. The predicted molar refractivity (Wildman–Crippen MR) is 139 cm³/mol. The molecule has 0 unspecified atom stereocenters. The molecule has 3 aromatic carbocycles. The summed E-state index contributed by atoms with van der Waals surface area (Å²) in [6.07, 6.45) is 1.88. The van der Waals surface area contributed by atoms with Crippen LogP contribution in [0.3, 0.4) is 0 Å². The van der Waals surface area contributed by atoms with Crippen molar-refractivity contribution in [3.05, 3.63) is 99.4 Å². The molecule has 0 saturated carbocycles. The quantitative estimate of drug-likeness (QED) is 0.411. The zero-order valence-electron chi connectivity index (χ0n) is 20.4. The molecule has 7 heteroatoms. The molecule has 2 heterocycles. The Morgan fingerprint density at radius 3 is 2.44 bits per heavy atom. The number of carbonyl (C=O) groups is 1. The van der Waals surface area contributed by atoms with Crippen LogP contribution in [0.5, 0.6) is 11.5 Å². The van der Waals surface area contributed by atoms with Crippen molar-refractivity contribution in [2.75, 3.05) is 32.6 Å². The van der Waals surface area contributed by atoms with Gasteiger partial charge in [0.1, 0.15) is 5.58 Å². The number of amides is 1. The number of hydrogen-bond acceptors (Lipinski definition) is 6. The van der Waals surface area contributed by atoms with Crippen LogP contribution in [-0.4, -0.2) is 38.1 Å². The third-order valence-electron chi connectivity index (χ3n) is 6.58. The van der Waals surface area contributed by atoms with Gasteiger partial charge in [-0.25, -0.2) is 0 Å². The van der Waals surface area contributed by atoms with Gasteiger partial charge in [0.15, 0.2) is 22.7 Å². The molecule has 0 aliphatic carbocycles. The van der Waals surface area contributed by atoms with E-state index in [2.05, 4.69) is 22.3 Å². The Labute approximate surface area is 209 Å². The summed E-state index contributed by atoms with van der Waals surface area (Å²) in [6, 6.07) is 20.0. The maximum Gasteiger partial charge on any atom is 0.291 e. The molecule has 184 valence electrons. The molecular formula is C29H28N2O5. The van der Waals surface area contributed by atoms with Crippen molar-refractivity contribution >= 4 is 22.6 Å². The fraction of sp³-hybridized carbons (Fsp3) is 0.241. The van der Waals surface area contributed by atoms with Gasteiger partial charge in [-0.05, 0) is 65.9 Å². The van der Waals surface area contributed by atoms with Crippen molar-refractivity contribution in [2.45, 2.75) is 19.4 Å². The van der Waals surface area contributed by atoms with E-state index in [1.165, 1.54) is 22.8 Å². The number of nitrogens with zero attached hydrogens (tertiary/aromatic N) is 1. The highest BCUT2D eigenvalue weighted by Gasteiger charge is 2.19. The second-order valence-corrected chi connectivity index (χ2v) is 8.87. The molecule has 4 aromatic rings. The van der Waals surface area contributed by atoms with Gasteiger partial charge in [-0.15, -0.1) is 0 Å². The highest BCUT2D eigenvalue weighted by molar-refractivity contribution is 6.02. The summed E-state index contributed by atoms with van der Waals surface area (Å²) in [7, 11) is 3.33. The van der Waals surface area contributed by atoms with E-state index in [4.69, 9.17) is 13.9 Å². The summed E-state index contributed by atoms with van der Waals surface area (Å²) in [5.74, 6) is 1.07. The zero-order chi connectivity index (χ0) is 25.1. The molecule has 1 aliphatic rings. The first kappa shape index (κ1) is 23.6. The Bertz CT molecular complexity index is 1460. The van der Waals surface area contributed by atoms with Crippen LogP contribution in [-0.2, 0) is 19.4 Å². The molecule has 1 aliphatic heterocycles. The van der Waals surface area contributed by atoms with E-state index in [9.17, 15) is 9.59 Å². The molecule has 0 saturated heterocycles. The van der Waals surface area contributed by atoms with Crippen LogP contribution in [0.25, 0.3) is 11.0 Å². The minimum atomic E-state index is -0.454. The minimum absolute atomic E-state index is 0.0117. The van der Waals surface area contributed by atoms with Crippen molar-refractivity contribution in [3.63, 3.8) is 0 Å². The number of fused-ring (bicyclic) bond motifs is 2. The molecule has 1 amide bonds. The van der Waals surface area contributed by atoms with E-state index in [-0.39, 0.29) is 11.2 Å². The average Bonchev–Trinajstić information content (AvgIpc) is 2.91. The lowest BCUT2D eigenvalue weighted by Crippen LogP contribution is -2.32. The molecule has 0 spiro atoms. The fourth-order valence-electron chi connectivity index (χ4n) is 4.58. The number of hydrogen-bond donors (Lipinski definition) is 1. The first-order valence-electron chi connectivity index (χ1n) is 11.9. The molecule has 0 fully saturated rings. The maximum absolute atomic E-state index is 12.6. The molecule has 1 N–H and O–H groups in total. The summed E-state index contributed by atoms with van der Waals surface area (Å²) in [5.41, 5.74) is 4.57. The Hall–Kier alpha value is -4.10. The maximum atomic E-state index is 12.6. The smallest absolute Gasteiger partial charge is 0.291 e. The van der Waals surface area contributed by atoms with Gasteiger partial charge in [-0.3, -0.25) is 14.5 Å². The Morgan fingerprint density at radius 1 is 0.972 bits per heavy atom. The highest BCUT2D eigenvalue weighted by atomic mass is 16.5. The van der Waals surface area contributed by atoms with Gasteiger partial charge in [-0.2, -0.15) is 0 Å². The number of rotatable bonds is 7. The van der Waals surface area contributed by atoms with E-state index in [1.54, 1.807) is 38.5 Å². The van der Waals surface area contributed by atoms with Crippen LogP contribution in [0.15, 0.2) is 75.9 Å². The summed E-state index contributed by atoms with van der Waals surface area (Å²) in [6.45, 7) is 2.80. The molecule has 0 radical (unpaired) electrons. The van der Waals surface area contributed by atoms with E-state index in [0.29, 0.717) is 16.7 Å². The van der Waals surface area contributed by atoms with Gasteiger partial charge in [0.2, 0.25) is 0 Å². The van der Waals surface area contributed by atoms with E-state index in [0.717, 1.165) is 44.0 Å². The van der Waals surface area contributed by atoms with Crippen LogP contribution >= 0.6 is 0 Å². The third kappa shape index (κ3) is 4.97. The van der Waals surface area contributed by atoms with Gasteiger partial charge in [0.05, 0.1) is 19.6 Å². The van der Waals surface area contributed by atoms with Crippen molar-refractivity contribution in [3.8, 4) is 11.5 Å². The predicted octanol–water partition coefficient (Wildman–Crippen LogP) is 4.66. The topological polar surface area (TPSA) is 81.0 Å². The van der Waals surface area contributed by atoms with Crippen molar-refractivity contribution in [1.82, 2.24) is 4.90 Å². The van der Waals surface area contributed by atoms with Gasteiger partial charge in [-0.1, -0.05) is 24.3 Å². The first-order chi connectivity index (χ1) is 17.5. The monoisotopic (exact) mass is 484 g/mol. The number of benzene rings is 3. The summed E-state index contributed by atoms with van der Waals surface area (Å²) >= 11 is 0. The van der Waals surface area contributed by atoms with Crippen LogP contribution in [0.2, 0.25) is 0 Å². The third-order valence-corrected chi connectivity index (χ3v) is 6.58. The Balaban J connectivity index is 1.19. The molecule has 36 heavy (non-hydrogen) atoms. The first-order valence-corrected chi connectivity index (χ1v) is 11.9. The van der Waals surface area contributed by atoms with Crippen molar-refractivity contribution in [1.29, 1.82) is 0 Å². The molecule has 0 atom stereocenters. The second kappa shape index (κ2) is 10.3. The van der Waals surface area contributed by atoms with Crippen molar-refractivity contribution < 1.29 is 18.7 Å². The number of carbonyl (C=O) groups excluding carboxylic acids is 1. The number of nitrogens with one attached hydrogen (secondary N) is 1. The SMILES string of the molecule is COc1cc2c(cc1OC)CN(CCc1ccc(NC(=O)c3cc(=O)c4ccccc4o3)cc1)CC2. The van der Waals surface area contributed by atoms with Crippen LogP contribution in [0.1, 0.15) is 27.2 Å². The average molecular weight is 485 g/mol. The fourth-order valence-corrected chi connectivity index (χ4v) is 4.58. The lowest BCUT2D eigenvalue weighted by molar-refractivity contribution is 0.0997. The lowest BCUT2D eigenvalue weighted by Gasteiger charge is -2.29. The van der Waals surface area contributed by atoms with E-state index >= 15 is 0 Å². The van der Waals surface area contributed by atoms with Gasteiger partial charge in [0.25, 0.3) is 5.91 Å². The Morgan fingerprint density at radius 2 is 1.69 bits per heavy atom.